The number of carbonyl (C=O) groups is 2. The van der Waals surface area contributed by atoms with Gasteiger partial charge in [0.15, 0.2) is 0 Å². The lowest BCUT2D eigenvalue weighted by atomic mass is 10.2. The van der Waals surface area contributed by atoms with Crippen molar-refractivity contribution in [3.8, 4) is 0 Å². The van der Waals surface area contributed by atoms with Gasteiger partial charge in [-0.25, -0.2) is 4.79 Å². The average Bonchev–Trinajstić information content (AvgIpc) is 1.87. The maximum Gasteiger partial charge on any atom is 0.312 e. The molecule has 0 unspecified atom stereocenters. The molecule has 0 aliphatic rings. The molecule has 0 radical (unpaired) electrons. The molecule has 0 saturated heterocycles. The van der Waals surface area contributed by atoms with Crippen LogP contribution in [0.25, 0.3) is 0 Å². The van der Waals surface area contributed by atoms with Crippen molar-refractivity contribution >= 4 is 12.3 Å². The minimum absolute atomic E-state index is 0.508. The van der Waals surface area contributed by atoms with Gasteiger partial charge in [0.05, 0.1) is 0 Å². The number of aldehydes is 1. The largest absolute Gasteiger partial charge is 0.352 e. The number of nitrogens with one attached hydrogen (secondary N) is 1. The lowest BCUT2D eigenvalue weighted by molar-refractivity contribution is -0.107. The summed E-state index contributed by atoms with van der Waals surface area (Å²) in [5, 5.41) is 2.43. The molecule has 0 aliphatic heterocycles. The van der Waals surface area contributed by atoms with Crippen molar-refractivity contribution in [1.82, 2.24) is 5.32 Å². The van der Waals surface area contributed by atoms with Crippen LogP contribution in [0.4, 0.5) is 4.79 Å². The summed E-state index contributed by atoms with van der Waals surface area (Å²) >= 11 is 0. The fourth-order valence-corrected chi connectivity index (χ4v) is 0.564. The van der Waals surface area contributed by atoms with E-state index < -0.39 is 6.03 Å². The van der Waals surface area contributed by atoms with Crippen molar-refractivity contribution < 1.29 is 9.59 Å². The molecule has 0 fully saturated rings. The standard InChI is InChI=1S/C6H12N2O2/c7-6(10)8-4-2-1-3-5-9/h5H,1-4H2,(H3,7,8,10). The van der Waals surface area contributed by atoms with Crippen LogP contribution in [0.15, 0.2) is 0 Å². The van der Waals surface area contributed by atoms with Crippen molar-refractivity contribution in [2.45, 2.75) is 19.3 Å². The van der Waals surface area contributed by atoms with E-state index in [2.05, 4.69) is 5.32 Å². The Morgan fingerprint density at radius 2 is 2.20 bits per heavy atom. The molecular weight excluding hydrogens is 132 g/mol. The van der Waals surface area contributed by atoms with Crippen LogP contribution >= 0.6 is 0 Å². The highest BCUT2D eigenvalue weighted by atomic mass is 16.2. The van der Waals surface area contributed by atoms with E-state index in [1.807, 2.05) is 0 Å². The Bertz CT molecular complexity index is 114. The molecule has 10 heavy (non-hydrogen) atoms. The van der Waals surface area contributed by atoms with E-state index in [0.717, 1.165) is 19.1 Å². The summed E-state index contributed by atoms with van der Waals surface area (Å²) in [7, 11) is 0. The van der Waals surface area contributed by atoms with Crippen LogP contribution in [-0.4, -0.2) is 18.9 Å². The number of primary amides is 1. The van der Waals surface area contributed by atoms with E-state index in [1.165, 1.54) is 0 Å². The highest BCUT2D eigenvalue weighted by Crippen LogP contribution is 1.88. The zero-order valence-electron chi connectivity index (χ0n) is 5.80. The molecule has 0 saturated carbocycles. The van der Waals surface area contributed by atoms with E-state index in [9.17, 15) is 9.59 Å². The number of hydrogen-bond acceptors (Lipinski definition) is 2. The highest BCUT2D eigenvalue weighted by molar-refractivity contribution is 5.71. The van der Waals surface area contributed by atoms with E-state index in [1.54, 1.807) is 0 Å². The third-order valence-electron chi connectivity index (χ3n) is 1.05. The Balaban J connectivity index is 2.90. The maximum absolute atomic E-state index is 10.1. The zero-order chi connectivity index (χ0) is 7.82. The van der Waals surface area contributed by atoms with Crippen molar-refractivity contribution in [2.75, 3.05) is 6.54 Å². The van der Waals surface area contributed by atoms with E-state index in [-0.39, 0.29) is 0 Å². The van der Waals surface area contributed by atoms with Crippen molar-refractivity contribution in [2.24, 2.45) is 5.73 Å². The zero-order valence-corrected chi connectivity index (χ0v) is 5.80. The first kappa shape index (κ1) is 8.94. The van der Waals surface area contributed by atoms with Crippen molar-refractivity contribution in [3.63, 3.8) is 0 Å². The van der Waals surface area contributed by atoms with Crippen molar-refractivity contribution in [3.05, 3.63) is 0 Å². The second-order valence-electron chi connectivity index (χ2n) is 1.95. The van der Waals surface area contributed by atoms with Crippen LogP contribution in [0.5, 0.6) is 0 Å². The van der Waals surface area contributed by atoms with E-state index in [0.29, 0.717) is 13.0 Å². The predicted molar refractivity (Wildman–Crippen MR) is 37.5 cm³/mol. The summed E-state index contributed by atoms with van der Waals surface area (Å²) < 4.78 is 0. The molecule has 4 nitrogen and oxygen atoms in total. The number of amides is 2. The predicted octanol–water partition coefficient (Wildman–Crippen LogP) is 0.0239. The molecule has 0 aromatic carbocycles. The minimum atomic E-state index is -0.508. The molecule has 0 aliphatic carbocycles. The first-order valence-electron chi connectivity index (χ1n) is 3.24. The van der Waals surface area contributed by atoms with Crippen LogP contribution in [0.3, 0.4) is 0 Å². The van der Waals surface area contributed by atoms with Gasteiger partial charge < -0.3 is 15.8 Å². The second kappa shape index (κ2) is 6.07. The molecular formula is C6H12N2O2. The summed E-state index contributed by atoms with van der Waals surface area (Å²) in [6.07, 6.45) is 3.04. The normalized spacial score (nSPS) is 8.80. The van der Waals surface area contributed by atoms with Gasteiger partial charge in [-0.05, 0) is 12.8 Å². The molecule has 0 aromatic heterocycles. The van der Waals surface area contributed by atoms with Crippen LogP contribution in [-0.2, 0) is 4.79 Å². The molecule has 3 N–H and O–H groups in total. The number of urea groups is 1. The van der Waals surface area contributed by atoms with Crippen molar-refractivity contribution in [1.29, 1.82) is 0 Å². The summed E-state index contributed by atoms with van der Waals surface area (Å²) in [5.74, 6) is 0. The monoisotopic (exact) mass is 144 g/mol. The number of rotatable bonds is 5. The van der Waals surface area contributed by atoms with Gasteiger partial charge in [0.2, 0.25) is 0 Å². The summed E-state index contributed by atoms with van der Waals surface area (Å²) in [5.41, 5.74) is 4.79. The number of carbonyl (C=O) groups excluding carboxylic acids is 2. The first-order chi connectivity index (χ1) is 4.77. The summed E-state index contributed by atoms with van der Waals surface area (Å²) in [6.45, 7) is 0.559. The molecule has 0 bridgehead atoms. The highest BCUT2D eigenvalue weighted by Gasteiger charge is 1.89. The molecule has 0 atom stereocenters. The van der Waals surface area contributed by atoms with Gasteiger partial charge in [-0.15, -0.1) is 0 Å². The molecule has 0 heterocycles. The smallest absolute Gasteiger partial charge is 0.312 e. The lowest BCUT2D eigenvalue weighted by Crippen LogP contribution is -2.29. The van der Waals surface area contributed by atoms with Crippen LogP contribution < -0.4 is 11.1 Å². The Morgan fingerprint density at radius 3 is 2.70 bits per heavy atom. The minimum Gasteiger partial charge on any atom is -0.352 e. The van der Waals surface area contributed by atoms with Gasteiger partial charge in [-0.3, -0.25) is 0 Å². The fourth-order valence-electron chi connectivity index (χ4n) is 0.564. The maximum atomic E-state index is 10.1. The molecule has 0 spiro atoms. The first-order valence-corrected chi connectivity index (χ1v) is 3.24. The Morgan fingerprint density at radius 1 is 1.50 bits per heavy atom. The third kappa shape index (κ3) is 6.94. The van der Waals surface area contributed by atoms with Crippen LogP contribution in [0.1, 0.15) is 19.3 Å². The number of hydrogen-bond donors (Lipinski definition) is 2. The van der Waals surface area contributed by atoms with Crippen LogP contribution in [0.2, 0.25) is 0 Å². The fraction of sp³-hybridized carbons (Fsp3) is 0.667. The molecule has 0 rings (SSSR count). The van der Waals surface area contributed by atoms with Gasteiger partial charge >= 0.3 is 6.03 Å². The second-order valence-corrected chi connectivity index (χ2v) is 1.95. The lowest BCUT2D eigenvalue weighted by Gasteiger charge is -1.97. The van der Waals surface area contributed by atoms with Gasteiger partial charge in [0.25, 0.3) is 0 Å². The SMILES string of the molecule is NC(=O)NCCCCC=O. The number of unbranched alkanes of at least 4 members (excludes halogenated alkanes) is 2. The molecule has 4 heteroatoms. The van der Waals surface area contributed by atoms with Crippen LogP contribution in [0, 0.1) is 0 Å². The topological polar surface area (TPSA) is 72.2 Å². The summed E-state index contributed by atoms with van der Waals surface area (Å²) in [4.78, 5) is 19.9. The quantitative estimate of drug-likeness (QED) is 0.422. The van der Waals surface area contributed by atoms with Gasteiger partial charge in [0.1, 0.15) is 6.29 Å². The van der Waals surface area contributed by atoms with Gasteiger partial charge in [-0.1, -0.05) is 0 Å². The van der Waals surface area contributed by atoms with Gasteiger partial charge in [0, 0.05) is 13.0 Å². The third-order valence-corrected chi connectivity index (χ3v) is 1.05. The van der Waals surface area contributed by atoms with Gasteiger partial charge in [-0.2, -0.15) is 0 Å². The Hall–Kier alpha value is -1.06. The summed E-state index contributed by atoms with van der Waals surface area (Å²) in [6, 6.07) is -0.508. The molecule has 2 amide bonds. The Labute approximate surface area is 59.8 Å². The molecule has 0 aromatic rings. The number of nitrogens with two attached hydrogens (primary N) is 1. The van der Waals surface area contributed by atoms with E-state index >= 15 is 0 Å². The Kier molecular flexibility index (Phi) is 5.42. The average molecular weight is 144 g/mol. The van der Waals surface area contributed by atoms with E-state index in [4.69, 9.17) is 5.73 Å². The molecule has 58 valence electrons.